The molecule has 1 aromatic heterocycles. The molecule has 122 valence electrons. The quantitative estimate of drug-likeness (QED) is 0.794. The number of hydrogen-bond donors (Lipinski definition) is 1. The van der Waals surface area contributed by atoms with Gasteiger partial charge in [-0.05, 0) is 19.8 Å². The maximum Gasteiger partial charge on any atom is 0.325 e. The number of carbonyl (C=O) groups excluding carboxylic acids is 3. The van der Waals surface area contributed by atoms with Gasteiger partial charge in [-0.1, -0.05) is 0 Å². The number of urea groups is 1. The fraction of sp³-hybridized carbons (Fsp3) is 0.533. The number of aryl methyl sites for hydroxylation is 1. The SMILES string of the molecule is Cc1cncc(C2CCCN(C(=O)CN3C(=O)CNC3=O)C2)n1. The molecular weight excluding hydrogens is 298 g/mol. The van der Waals surface area contributed by atoms with E-state index in [2.05, 4.69) is 15.3 Å². The third-order valence-corrected chi connectivity index (χ3v) is 4.20. The second kappa shape index (κ2) is 6.31. The molecule has 0 saturated carbocycles. The highest BCUT2D eigenvalue weighted by molar-refractivity contribution is 6.04. The Balaban J connectivity index is 1.65. The van der Waals surface area contributed by atoms with Crippen LogP contribution >= 0.6 is 0 Å². The highest BCUT2D eigenvalue weighted by atomic mass is 16.2. The maximum absolute atomic E-state index is 12.4. The van der Waals surface area contributed by atoms with Crippen molar-refractivity contribution < 1.29 is 14.4 Å². The lowest BCUT2D eigenvalue weighted by molar-refractivity contribution is -0.137. The van der Waals surface area contributed by atoms with Crippen molar-refractivity contribution in [3.8, 4) is 0 Å². The van der Waals surface area contributed by atoms with Crippen LogP contribution in [-0.2, 0) is 9.59 Å². The van der Waals surface area contributed by atoms with E-state index in [1.54, 1.807) is 17.3 Å². The van der Waals surface area contributed by atoms with Gasteiger partial charge >= 0.3 is 6.03 Å². The van der Waals surface area contributed by atoms with E-state index in [9.17, 15) is 14.4 Å². The Bertz CT molecular complexity index is 632. The van der Waals surface area contributed by atoms with E-state index in [4.69, 9.17) is 0 Å². The monoisotopic (exact) mass is 317 g/mol. The number of likely N-dealkylation sites (tertiary alicyclic amines) is 1. The van der Waals surface area contributed by atoms with Gasteiger partial charge in [0.15, 0.2) is 0 Å². The number of aromatic nitrogens is 2. The molecule has 0 aliphatic carbocycles. The van der Waals surface area contributed by atoms with Gasteiger partial charge in [-0.2, -0.15) is 0 Å². The first-order valence-corrected chi connectivity index (χ1v) is 7.69. The standard InChI is InChI=1S/C15H19N5O3/c1-10-5-16-6-12(18-10)11-3-2-4-19(8-11)14(22)9-20-13(21)7-17-15(20)23/h5-6,11H,2-4,7-9H2,1H3,(H,17,23). The summed E-state index contributed by atoms with van der Waals surface area (Å²) in [7, 11) is 0. The summed E-state index contributed by atoms with van der Waals surface area (Å²) in [5.41, 5.74) is 1.74. The van der Waals surface area contributed by atoms with Crippen molar-refractivity contribution in [3.63, 3.8) is 0 Å². The van der Waals surface area contributed by atoms with Crippen LogP contribution in [0.25, 0.3) is 0 Å². The van der Waals surface area contributed by atoms with Crippen molar-refractivity contribution >= 4 is 17.8 Å². The number of nitrogens with zero attached hydrogens (tertiary/aromatic N) is 4. The van der Waals surface area contributed by atoms with Crippen molar-refractivity contribution in [1.29, 1.82) is 0 Å². The summed E-state index contributed by atoms with van der Waals surface area (Å²) in [6.07, 6.45) is 5.26. The predicted octanol–water partition coefficient (Wildman–Crippen LogP) is 0.0428. The molecule has 3 heterocycles. The van der Waals surface area contributed by atoms with E-state index in [1.807, 2.05) is 6.92 Å². The van der Waals surface area contributed by atoms with Gasteiger partial charge in [0.25, 0.3) is 5.91 Å². The van der Waals surface area contributed by atoms with Gasteiger partial charge in [-0.3, -0.25) is 24.5 Å². The van der Waals surface area contributed by atoms with Crippen LogP contribution < -0.4 is 5.32 Å². The zero-order chi connectivity index (χ0) is 16.4. The molecule has 0 aromatic carbocycles. The average molecular weight is 317 g/mol. The van der Waals surface area contributed by atoms with Gasteiger partial charge in [0.05, 0.1) is 17.9 Å². The molecule has 8 nitrogen and oxygen atoms in total. The molecule has 0 spiro atoms. The first-order valence-electron chi connectivity index (χ1n) is 7.69. The van der Waals surface area contributed by atoms with Gasteiger partial charge in [0.2, 0.25) is 5.91 Å². The van der Waals surface area contributed by atoms with E-state index in [-0.39, 0.29) is 30.8 Å². The Morgan fingerprint density at radius 3 is 2.91 bits per heavy atom. The van der Waals surface area contributed by atoms with Crippen LogP contribution in [0.3, 0.4) is 0 Å². The Morgan fingerprint density at radius 1 is 1.39 bits per heavy atom. The van der Waals surface area contributed by atoms with Crippen molar-refractivity contribution in [2.45, 2.75) is 25.7 Å². The molecule has 1 N–H and O–H groups in total. The predicted molar refractivity (Wildman–Crippen MR) is 80.4 cm³/mol. The number of imide groups is 1. The average Bonchev–Trinajstić information content (AvgIpc) is 2.87. The summed E-state index contributed by atoms with van der Waals surface area (Å²) in [6, 6.07) is -0.499. The molecule has 1 atom stereocenters. The van der Waals surface area contributed by atoms with Crippen LogP contribution in [0.1, 0.15) is 30.1 Å². The van der Waals surface area contributed by atoms with Crippen molar-refractivity contribution in [2.24, 2.45) is 0 Å². The lowest BCUT2D eigenvalue weighted by Gasteiger charge is -2.33. The zero-order valence-electron chi connectivity index (χ0n) is 13.0. The molecule has 2 saturated heterocycles. The topological polar surface area (TPSA) is 95.5 Å². The minimum absolute atomic E-state index is 0.0341. The molecule has 1 unspecified atom stereocenters. The molecule has 0 radical (unpaired) electrons. The summed E-state index contributed by atoms with van der Waals surface area (Å²) in [5.74, 6) is -0.426. The van der Waals surface area contributed by atoms with Gasteiger partial charge in [0, 0.05) is 31.4 Å². The van der Waals surface area contributed by atoms with Crippen molar-refractivity contribution in [3.05, 3.63) is 23.8 Å². The number of carbonyl (C=O) groups is 3. The molecule has 4 amide bonds. The van der Waals surface area contributed by atoms with Gasteiger partial charge in [-0.25, -0.2) is 4.79 Å². The number of amides is 4. The Hall–Kier alpha value is -2.51. The number of piperidine rings is 1. The van der Waals surface area contributed by atoms with Crippen molar-refractivity contribution in [2.75, 3.05) is 26.2 Å². The Kier molecular flexibility index (Phi) is 4.22. The van der Waals surface area contributed by atoms with Crippen molar-refractivity contribution in [1.82, 2.24) is 25.1 Å². The maximum atomic E-state index is 12.4. The molecule has 2 aliphatic heterocycles. The highest BCUT2D eigenvalue weighted by Gasteiger charge is 2.33. The van der Waals surface area contributed by atoms with Gasteiger partial charge in [-0.15, -0.1) is 0 Å². The van der Waals surface area contributed by atoms with Crippen LogP contribution in [0.4, 0.5) is 4.79 Å². The molecule has 0 bridgehead atoms. The normalized spacial score (nSPS) is 21.5. The minimum Gasteiger partial charge on any atom is -0.340 e. The minimum atomic E-state index is -0.499. The zero-order valence-corrected chi connectivity index (χ0v) is 13.0. The summed E-state index contributed by atoms with van der Waals surface area (Å²) in [6.45, 7) is 2.84. The summed E-state index contributed by atoms with van der Waals surface area (Å²) >= 11 is 0. The largest absolute Gasteiger partial charge is 0.340 e. The van der Waals surface area contributed by atoms with E-state index >= 15 is 0 Å². The van der Waals surface area contributed by atoms with Crippen LogP contribution in [-0.4, -0.2) is 63.8 Å². The fourth-order valence-corrected chi connectivity index (χ4v) is 2.98. The van der Waals surface area contributed by atoms with Crippen LogP contribution in [0, 0.1) is 6.92 Å². The third kappa shape index (κ3) is 3.30. The van der Waals surface area contributed by atoms with E-state index in [0.29, 0.717) is 13.1 Å². The third-order valence-electron chi connectivity index (χ3n) is 4.20. The Labute approximate surface area is 133 Å². The number of hydrogen-bond acceptors (Lipinski definition) is 5. The summed E-state index contributed by atoms with van der Waals surface area (Å²) in [5, 5.41) is 2.42. The molecule has 1 aromatic rings. The summed E-state index contributed by atoms with van der Waals surface area (Å²) in [4.78, 5) is 46.8. The van der Waals surface area contributed by atoms with Crippen LogP contribution in [0.15, 0.2) is 12.4 Å². The molecule has 2 aliphatic rings. The van der Waals surface area contributed by atoms with Gasteiger partial charge < -0.3 is 10.2 Å². The number of nitrogens with one attached hydrogen (secondary N) is 1. The van der Waals surface area contributed by atoms with Gasteiger partial charge in [0.1, 0.15) is 6.54 Å². The van der Waals surface area contributed by atoms with E-state index in [0.717, 1.165) is 29.1 Å². The smallest absolute Gasteiger partial charge is 0.325 e. The second-order valence-corrected chi connectivity index (χ2v) is 5.90. The molecule has 23 heavy (non-hydrogen) atoms. The number of rotatable bonds is 3. The Morgan fingerprint density at radius 2 is 2.22 bits per heavy atom. The molecule has 8 heteroatoms. The van der Waals surface area contributed by atoms with Crippen LogP contribution in [0.2, 0.25) is 0 Å². The lowest BCUT2D eigenvalue weighted by atomic mass is 9.95. The summed E-state index contributed by atoms with van der Waals surface area (Å²) < 4.78 is 0. The molecule has 3 rings (SSSR count). The molecule has 2 fully saturated rings. The first-order chi connectivity index (χ1) is 11.0. The van der Waals surface area contributed by atoms with E-state index in [1.165, 1.54) is 0 Å². The van der Waals surface area contributed by atoms with Crippen LogP contribution in [0.5, 0.6) is 0 Å². The second-order valence-electron chi connectivity index (χ2n) is 5.90. The first kappa shape index (κ1) is 15.4. The van der Waals surface area contributed by atoms with E-state index < -0.39 is 6.03 Å². The lowest BCUT2D eigenvalue weighted by Crippen LogP contribution is -2.46. The molecular formula is C15H19N5O3. The fourth-order valence-electron chi connectivity index (χ4n) is 2.98. The highest BCUT2D eigenvalue weighted by Crippen LogP contribution is 2.25.